The molecule has 0 saturated carbocycles. The van der Waals surface area contributed by atoms with Gasteiger partial charge in [-0.3, -0.25) is 0 Å². The molecule has 0 spiro atoms. The summed E-state index contributed by atoms with van der Waals surface area (Å²) in [5.41, 5.74) is 0.302. The largest absolute Gasteiger partial charge is 0.381 e. The van der Waals surface area contributed by atoms with Crippen molar-refractivity contribution in [3.63, 3.8) is 0 Å². The maximum atomic E-state index is 5.35. The normalized spacial score (nSPS) is 21.4. The molecule has 0 amide bonds. The molecule has 1 heterocycles. The van der Waals surface area contributed by atoms with Crippen LogP contribution in [0.15, 0.2) is 0 Å². The van der Waals surface area contributed by atoms with E-state index in [1.165, 1.54) is 0 Å². The van der Waals surface area contributed by atoms with E-state index in [0.29, 0.717) is 11.6 Å². The van der Waals surface area contributed by atoms with E-state index in [1.807, 2.05) is 0 Å². The van der Waals surface area contributed by atoms with Crippen molar-refractivity contribution < 1.29 is 4.74 Å². The molecule has 0 aliphatic carbocycles. The summed E-state index contributed by atoms with van der Waals surface area (Å²) in [5, 5.41) is 7.02. The molecule has 1 aliphatic rings. The Morgan fingerprint density at radius 2 is 1.86 bits per heavy atom. The smallest absolute Gasteiger partial charge is 0.0483 e. The molecular formula is C11H24N2O. The maximum Gasteiger partial charge on any atom is 0.0483 e. The van der Waals surface area contributed by atoms with E-state index in [4.69, 9.17) is 4.74 Å². The first-order chi connectivity index (χ1) is 6.62. The third-order valence-corrected chi connectivity index (χ3v) is 2.83. The van der Waals surface area contributed by atoms with Crippen LogP contribution in [0, 0.1) is 0 Å². The summed E-state index contributed by atoms with van der Waals surface area (Å²) in [4.78, 5) is 0. The van der Waals surface area contributed by atoms with Crippen LogP contribution >= 0.6 is 0 Å². The molecule has 0 aromatic carbocycles. The molecular weight excluding hydrogens is 176 g/mol. The minimum Gasteiger partial charge on any atom is -0.381 e. The fourth-order valence-electron chi connectivity index (χ4n) is 1.72. The second-order valence-electron chi connectivity index (χ2n) is 4.71. The highest BCUT2D eigenvalue weighted by Gasteiger charge is 2.25. The molecule has 1 rings (SSSR count). The number of ether oxygens (including phenoxy) is 1. The summed E-state index contributed by atoms with van der Waals surface area (Å²) >= 11 is 0. The maximum absolute atomic E-state index is 5.35. The average molecular weight is 200 g/mol. The molecule has 84 valence electrons. The van der Waals surface area contributed by atoms with Gasteiger partial charge in [-0.25, -0.2) is 0 Å². The van der Waals surface area contributed by atoms with E-state index >= 15 is 0 Å². The van der Waals surface area contributed by atoms with Gasteiger partial charge >= 0.3 is 0 Å². The minimum absolute atomic E-state index is 0.302. The van der Waals surface area contributed by atoms with Crippen LogP contribution in [0.5, 0.6) is 0 Å². The number of nitrogens with one attached hydrogen (secondary N) is 2. The molecule has 0 aromatic rings. The van der Waals surface area contributed by atoms with E-state index in [9.17, 15) is 0 Å². The number of hydrogen-bond acceptors (Lipinski definition) is 3. The van der Waals surface area contributed by atoms with Crippen molar-refractivity contribution in [3.05, 3.63) is 0 Å². The highest BCUT2D eigenvalue weighted by Crippen LogP contribution is 2.18. The van der Waals surface area contributed by atoms with Gasteiger partial charge in [-0.15, -0.1) is 0 Å². The number of hydrogen-bond donors (Lipinski definition) is 2. The predicted molar refractivity (Wildman–Crippen MR) is 59.6 cm³/mol. The molecule has 0 atom stereocenters. The molecule has 0 unspecified atom stereocenters. The van der Waals surface area contributed by atoms with Crippen LogP contribution < -0.4 is 10.6 Å². The Morgan fingerprint density at radius 3 is 2.43 bits per heavy atom. The standard InChI is InChI=1S/C11H24N2O/c1-10(2)12-6-7-13-11(3)4-8-14-9-5-11/h10,12-13H,4-9H2,1-3H3. The van der Waals surface area contributed by atoms with Gasteiger partial charge < -0.3 is 15.4 Å². The first kappa shape index (κ1) is 12.0. The Bertz CT molecular complexity index is 153. The summed E-state index contributed by atoms with van der Waals surface area (Å²) in [5.74, 6) is 0. The summed E-state index contributed by atoms with van der Waals surface area (Å²) in [6.45, 7) is 10.6. The van der Waals surface area contributed by atoms with Crippen LogP contribution in [0.4, 0.5) is 0 Å². The van der Waals surface area contributed by atoms with E-state index in [-0.39, 0.29) is 0 Å². The zero-order chi connectivity index (χ0) is 10.4. The van der Waals surface area contributed by atoms with E-state index in [1.54, 1.807) is 0 Å². The van der Waals surface area contributed by atoms with Crippen molar-refractivity contribution in [1.29, 1.82) is 0 Å². The second kappa shape index (κ2) is 5.69. The molecule has 2 N–H and O–H groups in total. The summed E-state index contributed by atoms with van der Waals surface area (Å²) in [7, 11) is 0. The van der Waals surface area contributed by atoms with E-state index in [2.05, 4.69) is 31.4 Å². The predicted octanol–water partition coefficient (Wildman–Crippen LogP) is 1.14. The van der Waals surface area contributed by atoms with Crippen molar-refractivity contribution in [1.82, 2.24) is 10.6 Å². The van der Waals surface area contributed by atoms with Crippen LogP contribution in [0.25, 0.3) is 0 Å². The molecule has 1 saturated heterocycles. The molecule has 0 bridgehead atoms. The van der Waals surface area contributed by atoms with Gasteiger partial charge in [0.15, 0.2) is 0 Å². The van der Waals surface area contributed by atoms with Crippen molar-refractivity contribution in [3.8, 4) is 0 Å². The average Bonchev–Trinajstić information content (AvgIpc) is 2.14. The van der Waals surface area contributed by atoms with Crippen molar-refractivity contribution in [2.75, 3.05) is 26.3 Å². The Morgan fingerprint density at radius 1 is 1.21 bits per heavy atom. The van der Waals surface area contributed by atoms with Crippen LogP contribution in [0.1, 0.15) is 33.6 Å². The van der Waals surface area contributed by atoms with Gasteiger partial charge in [-0.1, -0.05) is 13.8 Å². The molecule has 1 fully saturated rings. The van der Waals surface area contributed by atoms with E-state index in [0.717, 1.165) is 39.1 Å². The quantitative estimate of drug-likeness (QED) is 0.653. The second-order valence-corrected chi connectivity index (χ2v) is 4.71. The minimum atomic E-state index is 0.302. The lowest BCUT2D eigenvalue weighted by Crippen LogP contribution is -2.49. The van der Waals surface area contributed by atoms with Crippen molar-refractivity contribution in [2.24, 2.45) is 0 Å². The SMILES string of the molecule is CC(C)NCCNC1(C)CCOCC1. The summed E-state index contributed by atoms with van der Waals surface area (Å²) in [6, 6.07) is 0.583. The molecule has 14 heavy (non-hydrogen) atoms. The van der Waals surface area contributed by atoms with Gasteiger partial charge in [0.1, 0.15) is 0 Å². The van der Waals surface area contributed by atoms with Gasteiger partial charge in [0, 0.05) is 37.9 Å². The van der Waals surface area contributed by atoms with Crippen molar-refractivity contribution >= 4 is 0 Å². The van der Waals surface area contributed by atoms with Crippen LogP contribution in [0.3, 0.4) is 0 Å². The zero-order valence-corrected chi connectivity index (χ0v) is 9.73. The Hall–Kier alpha value is -0.120. The lowest BCUT2D eigenvalue weighted by molar-refractivity contribution is 0.0455. The summed E-state index contributed by atoms with van der Waals surface area (Å²) < 4.78 is 5.35. The van der Waals surface area contributed by atoms with Gasteiger partial charge in [0.25, 0.3) is 0 Å². The van der Waals surface area contributed by atoms with Crippen LogP contribution in [-0.2, 0) is 4.74 Å². The van der Waals surface area contributed by atoms with Gasteiger partial charge in [0.05, 0.1) is 0 Å². The molecule has 3 heteroatoms. The fraction of sp³-hybridized carbons (Fsp3) is 1.00. The molecule has 0 radical (unpaired) electrons. The molecule has 1 aliphatic heterocycles. The first-order valence-electron chi connectivity index (χ1n) is 5.68. The monoisotopic (exact) mass is 200 g/mol. The Balaban J connectivity index is 2.09. The molecule has 0 aromatic heterocycles. The highest BCUT2D eigenvalue weighted by molar-refractivity contribution is 4.85. The van der Waals surface area contributed by atoms with Crippen molar-refractivity contribution in [2.45, 2.75) is 45.2 Å². The first-order valence-corrected chi connectivity index (χ1v) is 5.68. The van der Waals surface area contributed by atoms with Gasteiger partial charge in [0.2, 0.25) is 0 Å². The lowest BCUT2D eigenvalue weighted by Gasteiger charge is -2.34. The molecule has 3 nitrogen and oxygen atoms in total. The van der Waals surface area contributed by atoms with Crippen LogP contribution in [-0.4, -0.2) is 37.9 Å². The van der Waals surface area contributed by atoms with E-state index < -0.39 is 0 Å². The third-order valence-electron chi connectivity index (χ3n) is 2.83. The third kappa shape index (κ3) is 4.40. The topological polar surface area (TPSA) is 33.3 Å². The summed E-state index contributed by atoms with van der Waals surface area (Å²) in [6.07, 6.45) is 2.27. The Kier molecular flexibility index (Phi) is 4.85. The van der Waals surface area contributed by atoms with Gasteiger partial charge in [-0.05, 0) is 19.8 Å². The van der Waals surface area contributed by atoms with Crippen LogP contribution in [0.2, 0.25) is 0 Å². The Labute approximate surface area is 87.6 Å². The highest BCUT2D eigenvalue weighted by atomic mass is 16.5. The fourth-order valence-corrected chi connectivity index (χ4v) is 1.72. The van der Waals surface area contributed by atoms with Gasteiger partial charge in [-0.2, -0.15) is 0 Å². The zero-order valence-electron chi connectivity index (χ0n) is 9.73. The lowest BCUT2D eigenvalue weighted by atomic mass is 9.92. The number of rotatable bonds is 5.